The van der Waals surface area contributed by atoms with Gasteiger partial charge in [-0.3, -0.25) is 9.98 Å². The van der Waals surface area contributed by atoms with Crippen LogP contribution in [-0.4, -0.2) is 75.1 Å². The molecule has 8 rings (SSSR count). The first-order chi connectivity index (χ1) is 25.9. The molecule has 0 aliphatic carbocycles. The molecule has 54 heavy (non-hydrogen) atoms. The van der Waals surface area contributed by atoms with Gasteiger partial charge in [-0.2, -0.15) is 8.61 Å². The Kier molecular flexibility index (Phi) is 10.1. The number of allylic oxidation sites excluding steroid dienone is 2. The maximum Gasteiger partial charge on any atom is 0.243 e. The van der Waals surface area contributed by atoms with Crippen LogP contribution in [0.1, 0.15) is 22.3 Å². The highest BCUT2D eigenvalue weighted by atomic mass is 32.2. The lowest BCUT2D eigenvalue weighted by molar-refractivity contribution is 0.461. The normalized spacial score (nSPS) is 25.1. The first-order valence-corrected chi connectivity index (χ1v) is 20.8. The van der Waals surface area contributed by atoms with E-state index in [-0.39, 0.29) is 11.8 Å². The molecule has 0 aromatic heterocycles. The van der Waals surface area contributed by atoms with Crippen molar-refractivity contribution in [2.75, 3.05) is 26.2 Å². The zero-order valence-corrected chi connectivity index (χ0v) is 32.1. The molecule has 0 amide bonds. The van der Waals surface area contributed by atoms with Gasteiger partial charge >= 0.3 is 0 Å². The van der Waals surface area contributed by atoms with Gasteiger partial charge in [0.2, 0.25) is 20.0 Å². The van der Waals surface area contributed by atoms with Crippen molar-refractivity contribution in [1.29, 1.82) is 0 Å². The number of benzene rings is 4. The average molecular weight is 757 g/mol. The molecule has 0 bridgehead atoms. The fourth-order valence-electron chi connectivity index (χ4n) is 7.95. The molecule has 2 fully saturated rings. The van der Waals surface area contributed by atoms with E-state index >= 15 is 0 Å². The standard InChI is InChI=1S/2C22H22N2O2S/c2*1-3-19-15-24(27(25,26)20-11-9-17(2)10-12-20)16-22(19)21(13-14-23-22)18-7-5-4-6-8-18/h2*3-14,19H,1,15-16H2,2H3/t2*19-,22+/m00/s1. The molecule has 4 aromatic carbocycles. The van der Waals surface area contributed by atoms with Crippen LogP contribution in [-0.2, 0) is 20.0 Å². The third-order valence-electron chi connectivity index (χ3n) is 10.9. The van der Waals surface area contributed by atoms with E-state index in [1.807, 2.05) is 123 Å². The van der Waals surface area contributed by atoms with Crippen molar-refractivity contribution in [2.24, 2.45) is 21.8 Å². The maximum absolute atomic E-state index is 13.2. The number of aryl methyl sites for hydroxylation is 2. The Morgan fingerprint density at radius 3 is 1.26 bits per heavy atom. The van der Waals surface area contributed by atoms with E-state index in [9.17, 15) is 16.8 Å². The highest BCUT2D eigenvalue weighted by Gasteiger charge is 2.53. The topological polar surface area (TPSA) is 99.5 Å². The molecule has 4 aromatic rings. The van der Waals surface area contributed by atoms with E-state index in [1.165, 1.54) is 0 Å². The summed E-state index contributed by atoms with van der Waals surface area (Å²) in [6.45, 7) is 13.2. The van der Waals surface area contributed by atoms with Crippen LogP contribution in [0, 0.1) is 25.7 Å². The van der Waals surface area contributed by atoms with Gasteiger partial charge in [-0.15, -0.1) is 13.2 Å². The summed E-state index contributed by atoms with van der Waals surface area (Å²) < 4.78 is 55.9. The van der Waals surface area contributed by atoms with Crippen molar-refractivity contribution < 1.29 is 16.8 Å². The Morgan fingerprint density at radius 2 is 0.926 bits per heavy atom. The van der Waals surface area contributed by atoms with Crippen LogP contribution in [0.25, 0.3) is 11.1 Å². The van der Waals surface area contributed by atoms with Gasteiger partial charge in [-0.05, 0) is 72.5 Å². The van der Waals surface area contributed by atoms with Crippen molar-refractivity contribution in [1.82, 2.24) is 8.61 Å². The molecule has 2 saturated heterocycles. The zero-order valence-electron chi connectivity index (χ0n) is 30.5. The number of aliphatic imine (C=N–C) groups is 2. The van der Waals surface area contributed by atoms with Gasteiger partial charge < -0.3 is 0 Å². The molecule has 0 N–H and O–H groups in total. The first kappa shape index (κ1) is 37.3. The number of nitrogens with zero attached hydrogens (tertiary/aromatic N) is 4. The van der Waals surface area contributed by atoms with Crippen molar-refractivity contribution >= 4 is 43.6 Å². The monoisotopic (exact) mass is 756 g/mol. The molecule has 4 heterocycles. The molecule has 276 valence electrons. The summed E-state index contributed by atoms with van der Waals surface area (Å²) in [6, 6.07) is 34.0. The van der Waals surface area contributed by atoms with E-state index in [0.717, 1.165) is 33.4 Å². The van der Waals surface area contributed by atoms with Crippen molar-refractivity contribution in [2.45, 2.75) is 34.7 Å². The van der Waals surface area contributed by atoms with E-state index in [0.29, 0.717) is 36.0 Å². The van der Waals surface area contributed by atoms with Gasteiger partial charge in [-0.25, -0.2) is 16.8 Å². The minimum Gasteiger partial charge on any atom is -0.280 e. The molecule has 2 spiro atoms. The third kappa shape index (κ3) is 6.57. The second-order valence-corrected chi connectivity index (χ2v) is 18.1. The largest absolute Gasteiger partial charge is 0.280 e. The second-order valence-electron chi connectivity index (χ2n) is 14.2. The van der Waals surface area contributed by atoms with E-state index in [1.54, 1.807) is 45.3 Å². The van der Waals surface area contributed by atoms with Crippen LogP contribution in [0.3, 0.4) is 0 Å². The molecule has 4 aliphatic rings. The highest BCUT2D eigenvalue weighted by molar-refractivity contribution is 7.89. The second kappa shape index (κ2) is 14.7. The molecule has 4 atom stereocenters. The molecular formula is C44H44N4O4S2. The number of hydrogen-bond donors (Lipinski definition) is 0. The van der Waals surface area contributed by atoms with Crippen molar-refractivity contribution in [3.8, 4) is 0 Å². The summed E-state index contributed by atoms with van der Waals surface area (Å²) >= 11 is 0. The van der Waals surface area contributed by atoms with Crippen LogP contribution in [0.4, 0.5) is 0 Å². The SMILES string of the molecule is C=C[C@H]1CN(S(=O)(=O)c2ccc(C)cc2)C[C@@]12N=CC=C2c1ccccc1.C=C[C@H]1CN(S(=O)(=O)c2ccc(C)cc2)C[C@@]12N=CC=C2c1ccccc1. The lowest BCUT2D eigenvalue weighted by atomic mass is 9.79. The Balaban J connectivity index is 0.000000167. The van der Waals surface area contributed by atoms with E-state index in [4.69, 9.17) is 9.98 Å². The van der Waals surface area contributed by atoms with Gasteiger partial charge in [0.1, 0.15) is 11.1 Å². The van der Waals surface area contributed by atoms with Gasteiger partial charge in [0.25, 0.3) is 0 Å². The van der Waals surface area contributed by atoms with Crippen LogP contribution in [0.2, 0.25) is 0 Å². The Hall–Kier alpha value is -5.00. The molecular weight excluding hydrogens is 713 g/mol. The molecule has 8 nitrogen and oxygen atoms in total. The van der Waals surface area contributed by atoms with E-state index in [2.05, 4.69) is 13.2 Å². The van der Waals surface area contributed by atoms with E-state index < -0.39 is 31.1 Å². The maximum atomic E-state index is 13.2. The molecule has 10 heteroatoms. The highest BCUT2D eigenvalue weighted by Crippen LogP contribution is 2.47. The Bertz CT molecular complexity index is 2220. The lowest BCUT2D eigenvalue weighted by Crippen LogP contribution is -2.37. The Labute approximate surface area is 319 Å². The average Bonchev–Trinajstić information content (AvgIpc) is 3.99. The first-order valence-electron chi connectivity index (χ1n) is 18.0. The predicted molar refractivity (Wildman–Crippen MR) is 219 cm³/mol. The minimum absolute atomic E-state index is 0.0806. The molecule has 4 aliphatic heterocycles. The minimum atomic E-state index is -3.58. The molecule has 0 unspecified atom stereocenters. The lowest BCUT2D eigenvalue weighted by Gasteiger charge is -2.29. The van der Waals surface area contributed by atoms with Crippen molar-refractivity contribution in [3.63, 3.8) is 0 Å². The predicted octanol–water partition coefficient (Wildman–Crippen LogP) is 7.42. The summed E-state index contributed by atoms with van der Waals surface area (Å²) in [7, 11) is -7.17. The van der Waals surface area contributed by atoms with Gasteiger partial charge in [0.15, 0.2) is 0 Å². The number of sulfonamides is 2. The molecule has 0 radical (unpaired) electrons. The van der Waals surface area contributed by atoms with Gasteiger partial charge in [-0.1, -0.05) is 108 Å². The van der Waals surface area contributed by atoms with Crippen LogP contribution < -0.4 is 0 Å². The summed E-state index contributed by atoms with van der Waals surface area (Å²) in [5, 5.41) is 0. The quantitative estimate of drug-likeness (QED) is 0.175. The summed E-state index contributed by atoms with van der Waals surface area (Å²) in [5.74, 6) is -0.161. The number of rotatable bonds is 8. The van der Waals surface area contributed by atoms with Gasteiger partial charge in [0.05, 0.1) is 9.79 Å². The number of hydrogen-bond acceptors (Lipinski definition) is 6. The van der Waals surface area contributed by atoms with Crippen LogP contribution in [0.15, 0.2) is 166 Å². The summed E-state index contributed by atoms with van der Waals surface area (Å²) in [5.41, 5.74) is 5.08. The fourth-order valence-corrected chi connectivity index (χ4v) is 11.0. The molecule has 0 saturated carbocycles. The fraction of sp³-hybridized carbons (Fsp3) is 0.227. The van der Waals surface area contributed by atoms with Crippen LogP contribution in [0.5, 0.6) is 0 Å². The summed E-state index contributed by atoms with van der Waals surface area (Å²) in [4.78, 5) is 10.1. The Morgan fingerprint density at radius 1 is 0.574 bits per heavy atom. The smallest absolute Gasteiger partial charge is 0.243 e. The third-order valence-corrected chi connectivity index (χ3v) is 14.6. The zero-order chi connectivity index (χ0) is 38.1. The van der Waals surface area contributed by atoms with Crippen LogP contribution >= 0.6 is 0 Å². The van der Waals surface area contributed by atoms with Crippen molar-refractivity contribution in [3.05, 3.63) is 169 Å². The van der Waals surface area contributed by atoms with Gasteiger partial charge in [0, 0.05) is 50.4 Å². The summed E-state index contributed by atoms with van der Waals surface area (Å²) in [6.07, 6.45) is 11.2.